The number of benzene rings is 1. The molecule has 0 saturated heterocycles. The highest BCUT2D eigenvalue weighted by Gasteiger charge is 2.14. The number of nitrogens with zero attached hydrogens (tertiary/aromatic N) is 1. The molecule has 2 aromatic rings. The number of carbonyl (C=O) groups excluding carboxylic acids is 1. The maximum absolute atomic E-state index is 13.0. The number of rotatable bonds is 2. The van der Waals surface area contributed by atoms with Gasteiger partial charge in [-0.1, -0.05) is 11.6 Å². The van der Waals surface area contributed by atoms with Gasteiger partial charge in [0, 0.05) is 4.47 Å². The molecule has 2 rings (SSSR count). The molecule has 1 aromatic carbocycles. The second-order valence-corrected chi connectivity index (χ2v) is 4.78. The molecule has 0 bridgehead atoms. The summed E-state index contributed by atoms with van der Waals surface area (Å²) in [6, 6.07) is 4.73. The first kappa shape index (κ1) is 13.9. The Bertz CT molecular complexity index is 652. The van der Waals surface area contributed by atoms with Gasteiger partial charge >= 0.3 is 0 Å². The van der Waals surface area contributed by atoms with Gasteiger partial charge in [-0.15, -0.1) is 0 Å². The average Bonchev–Trinajstić information content (AvgIpc) is 2.35. The minimum Gasteiger partial charge on any atom is -0.321 e. The van der Waals surface area contributed by atoms with Crippen LogP contribution >= 0.6 is 27.5 Å². The van der Waals surface area contributed by atoms with Crippen LogP contribution in [0.2, 0.25) is 5.15 Å². The lowest BCUT2D eigenvalue weighted by Gasteiger charge is -2.08. The van der Waals surface area contributed by atoms with E-state index in [1.807, 2.05) is 0 Å². The van der Waals surface area contributed by atoms with Crippen molar-refractivity contribution < 1.29 is 13.6 Å². The van der Waals surface area contributed by atoms with Crippen molar-refractivity contribution in [2.75, 3.05) is 5.32 Å². The minimum atomic E-state index is -0.673. The highest BCUT2D eigenvalue weighted by molar-refractivity contribution is 9.10. The van der Waals surface area contributed by atoms with E-state index in [0.717, 1.165) is 12.3 Å². The third kappa shape index (κ3) is 3.27. The number of aromatic nitrogens is 1. The van der Waals surface area contributed by atoms with E-state index in [1.165, 1.54) is 18.2 Å². The number of amides is 1. The maximum Gasteiger partial charge on any atom is 0.258 e. The Hall–Kier alpha value is -1.53. The Morgan fingerprint density at radius 3 is 2.68 bits per heavy atom. The largest absolute Gasteiger partial charge is 0.321 e. The fraction of sp³-hybridized carbons (Fsp3) is 0. The van der Waals surface area contributed by atoms with Crippen LogP contribution in [0.1, 0.15) is 10.4 Å². The van der Waals surface area contributed by atoms with E-state index in [0.29, 0.717) is 10.2 Å². The smallest absolute Gasteiger partial charge is 0.258 e. The van der Waals surface area contributed by atoms with Gasteiger partial charge in [-0.25, -0.2) is 13.8 Å². The van der Waals surface area contributed by atoms with E-state index in [-0.39, 0.29) is 10.7 Å². The van der Waals surface area contributed by atoms with Crippen LogP contribution in [0.3, 0.4) is 0 Å². The maximum atomic E-state index is 13.0. The van der Waals surface area contributed by atoms with Gasteiger partial charge < -0.3 is 5.32 Å². The predicted octanol–water partition coefficient (Wildman–Crippen LogP) is 4.03. The molecule has 0 aliphatic rings. The zero-order chi connectivity index (χ0) is 14.0. The Morgan fingerprint density at radius 2 is 2.00 bits per heavy atom. The molecular weight excluding hydrogens is 341 g/mol. The lowest BCUT2D eigenvalue weighted by Crippen LogP contribution is -2.13. The van der Waals surface area contributed by atoms with Gasteiger partial charge in [0.15, 0.2) is 0 Å². The summed E-state index contributed by atoms with van der Waals surface area (Å²) in [6.45, 7) is 0. The van der Waals surface area contributed by atoms with Gasteiger partial charge in [-0.05, 0) is 40.2 Å². The van der Waals surface area contributed by atoms with Gasteiger partial charge in [0.1, 0.15) is 16.8 Å². The van der Waals surface area contributed by atoms with E-state index in [2.05, 4.69) is 26.2 Å². The van der Waals surface area contributed by atoms with Crippen molar-refractivity contribution in [1.82, 2.24) is 4.98 Å². The normalized spacial score (nSPS) is 10.3. The molecule has 0 radical (unpaired) electrons. The molecule has 7 heteroatoms. The molecule has 19 heavy (non-hydrogen) atoms. The molecule has 1 heterocycles. The Morgan fingerprint density at radius 1 is 1.26 bits per heavy atom. The Balaban J connectivity index is 2.28. The summed E-state index contributed by atoms with van der Waals surface area (Å²) in [5.74, 6) is -1.76. The van der Waals surface area contributed by atoms with Crippen LogP contribution in [0.15, 0.2) is 34.9 Å². The molecule has 0 fully saturated rings. The first-order valence-electron chi connectivity index (χ1n) is 5.05. The summed E-state index contributed by atoms with van der Waals surface area (Å²) in [7, 11) is 0. The molecule has 0 unspecified atom stereocenters. The second-order valence-electron chi connectivity index (χ2n) is 3.57. The number of halogens is 4. The van der Waals surface area contributed by atoms with E-state index in [9.17, 15) is 13.6 Å². The quantitative estimate of drug-likeness (QED) is 0.834. The Labute approximate surface area is 120 Å². The number of hydrogen-bond donors (Lipinski definition) is 1. The fourth-order valence-electron chi connectivity index (χ4n) is 1.36. The molecular formula is C12H6BrClF2N2O. The molecule has 98 valence electrons. The SMILES string of the molecule is O=C(Nc1ccc(F)cc1Br)c1cc(F)cnc1Cl. The molecule has 1 amide bonds. The van der Waals surface area contributed by atoms with Crippen LogP contribution in [0.5, 0.6) is 0 Å². The topological polar surface area (TPSA) is 42.0 Å². The summed E-state index contributed by atoms with van der Waals surface area (Å²) in [5.41, 5.74) is 0.240. The molecule has 1 aromatic heterocycles. The number of anilines is 1. The monoisotopic (exact) mass is 346 g/mol. The number of hydrogen-bond acceptors (Lipinski definition) is 2. The second kappa shape index (κ2) is 5.63. The molecule has 1 N–H and O–H groups in total. The Kier molecular flexibility index (Phi) is 4.11. The average molecular weight is 348 g/mol. The van der Waals surface area contributed by atoms with Crippen molar-refractivity contribution in [3.05, 3.63) is 57.3 Å². The highest BCUT2D eigenvalue weighted by atomic mass is 79.9. The number of carbonyl (C=O) groups is 1. The lowest BCUT2D eigenvalue weighted by atomic mass is 10.2. The van der Waals surface area contributed by atoms with Gasteiger partial charge in [0.25, 0.3) is 5.91 Å². The molecule has 0 atom stereocenters. The van der Waals surface area contributed by atoms with E-state index >= 15 is 0 Å². The van der Waals surface area contributed by atoms with Crippen LogP contribution in [0.25, 0.3) is 0 Å². The van der Waals surface area contributed by atoms with E-state index < -0.39 is 17.5 Å². The first-order valence-corrected chi connectivity index (χ1v) is 6.22. The summed E-state index contributed by atoms with van der Waals surface area (Å²) in [4.78, 5) is 15.4. The van der Waals surface area contributed by atoms with Crippen molar-refractivity contribution in [3.8, 4) is 0 Å². The van der Waals surface area contributed by atoms with E-state index in [4.69, 9.17) is 11.6 Å². The van der Waals surface area contributed by atoms with Crippen LogP contribution in [0, 0.1) is 11.6 Å². The van der Waals surface area contributed by atoms with Crippen LogP contribution in [0.4, 0.5) is 14.5 Å². The minimum absolute atomic E-state index is 0.0992. The van der Waals surface area contributed by atoms with E-state index in [1.54, 1.807) is 0 Å². The third-order valence-corrected chi connectivity index (χ3v) is 3.19. The standard InChI is InChI=1S/C12H6BrClF2N2O/c13-9-4-6(15)1-2-10(9)18-12(19)8-3-7(16)5-17-11(8)14/h1-5H,(H,18,19). The first-order chi connectivity index (χ1) is 8.97. The van der Waals surface area contributed by atoms with Crippen LogP contribution in [-0.2, 0) is 0 Å². The summed E-state index contributed by atoms with van der Waals surface area (Å²) >= 11 is 8.82. The van der Waals surface area contributed by atoms with Crippen molar-refractivity contribution in [1.29, 1.82) is 0 Å². The zero-order valence-electron chi connectivity index (χ0n) is 9.25. The van der Waals surface area contributed by atoms with Gasteiger partial charge in [0.2, 0.25) is 0 Å². The lowest BCUT2D eigenvalue weighted by molar-refractivity contribution is 0.102. The highest BCUT2D eigenvalue weighted by Crippen LogP contribution is 2.24. The predicted molar refractivity (Wildman–Crippen MR) is 71.3 cm³/mol. The molecule has 0 aliphatic carbocycles. The summed E-state index contributed by atoms with van der Waals surface area (Å²) in [5, 5.41) is 2.36. The van der Waals surface area contributed by atoms with Gasteiger partial charge in [-0.3, -0.25) is 4.79 Å². The van der Waals surface area contributed by atoms with Gasteiger partial charge in [0.05, 0.1) is 17.4 Å². The van der Waals surface area contributed by atoms with Crippen LogP contribution < -0.4 is 5.32 Å². The van der Waals surface area contributed by atoms with Crippen molar-refractivity contribution in [3.63, 3.8) is 0 Å². The van der Waals surface area contributed by atoms with Crippen molar-refractivity contribution >= 4 is 39.1 Å². The zero-order valence-corrected chi connectivity index (χ0v) is 11.6. The number of nitrogens with one attached hydrogen (secondary N) is 1. The summed E-state index contributed by atoms with van der Waals surface area (Å²) < 4.78 is 26.3. The number of pyridine rings is 1. The summed E-state index contributed by atoms with van der Waals surface area (Å²) in [6.07, 6.45) is 0.910. The molecule has 0 saturated carbocycles. The third-order valence-electron chi connectivity index (χ3n) is 2.23. The molecule has 3 nitrogen and oxygen atoms in total. The molecule has 0 spiro atoms. The van der Waals surface area contributed by atoms with Crippen LogP contribution in [-0.4, -0.2) is 10.9 Å². The van der Waals surface area contributed by atoms with Gasteiger partial charge in [-0.2, -0.15) is 0 Å². The molecule has 0 aliphatic heterocycles. The van der Waals surface area contributed by atoms with Crippen molar-refractivity contribution in [2.45, 2.75) is 0 Å². The fourth-order valence-corrected chi connectivity index (χ4v) is 2.00. The van der Waals surface area contributed by atoms with Crippen molar-refractivity contribution in [2.24, 2.45) is 0 Å².